The topological polar surface area (TPSA) is 207 Å². The molecule has 58 heavy (non-hydrogen) atoms. The number of ether oxygens (including phenoxy) is 3. The monoisotopic (exact) mass is 799 g/mol. The van der Waals surface area contributed by atoms with E-state index in [4.69, 9.17) is 14.2 Å². The molecule has 15 heteroatoms. The van der Waals surface area contributed by atoms with E-state index in [1.165, 1.54) is 20.9 Å². The number of nitrogens with one attached hydrogen (secondary N) is 5. The number of ketones is 2. The number of carbonyl (C=O) groups is 7. The minimum atomic E-state index is -1.32. The zero-order valence-corrected chi connectivity index (χ0v) is 33.4. The third kappa shape index (κ3) is 13.9. The van der Waals surface area contributed by atoms with Gasteiger partial charge in [-0.05, 0) is 55.0 Å². The fourth-order valence-electron chi connectivity index (χ4n) is 6.50. The SMILES string of the molecule is CNC(=O)[C@@H](CCC(C)=O)NC(=O)[C@H](Cc1ccc(C)cc1)NC(=O)[C@H](CC(C)=O)NC(=O)COCCOCCNC(=O)OCC1c2ccccc2-c2ccccc21. The Morgan fingerprint density at radius 3 is 1.90 bits per heavy atom. The highest BCUT2D eigenvalue weighted by molar-refractivity contribution is 5.96. The second-order valence-corrected chi connectivity index (χ2v) is 14.1. The molecule has 310 valence electrons. The molecule has 5 N–H and O–H groups in total. The zero-order valence-electron chi connectivity index (χ0n) is 33.4. The Morgan fingerprint density at radius 1 is 0.672 bits per heavy atom. The van der Waals surface area contributed by atoms with Crippen molar-refractivity contribution < 1.29 is 47.8 Å². The maximum absolute atomic E-state index is 13.5. The van der Waals surface area contributed by atoms with Crippen LogP contribution in [0, 0.1) is 6.92 Å². The van der Waals surface area contributed by atoms with Crippen molar-refractivity contribution in [2.24, 2.45) is 0 Å². The van der Waals surface area contributed by atoms with E-state index in [9.17, 15) is 33.6 Å². The van der Waals surface area contributed by atoms with Crippen LogP contribution in [0.15, 0.2) is 72.8 Å². The van der Waals surface area contributed by atoms with Crippen molar-refractivity contribution in [3.8, 4) is 11.1 Å². The number of benzene rings is 3. The summed E-state index contributed by atoms with van der Waals surface area (Å²) in [5.74, 6) is -3.26. The van der Waals surface area contributed by atoms with Gasteiger partial charge in [0.2, 0.25) is 23.6 Å². The second-order valence-electron chi connectivity index (χ2n) is 14.1. The summed E-state index contributed by atoms with van der Waals surface area (Å²) in [7, 11) is 1.40. The van der Waals surface area contributed by atoms with Crippen LogP contribution in [0.1, 0.15) is 61.3 Å². The van der Waals surface area contributed by atoms with Gasteiger partial charge in [0.15, 0.2) is 0 Å². The number of Topliss-reactive ketones (excluding diaryl/α,β-unsaturated/α-hetero) is 2. The number of amides is 5. The Bertz CT molecular complexity index is 1870. The highest BCUT2D eigenvalue weighted by atomic mass is 16.6. The number of fused-ring (bicyclic) bond motifs is 3. The van der Waals surface area contributed by atoms with E-state index in [0.29, 0.717) is 5.56 Å². The van der Waals surface area contributed by atoms with Crippen LogP contribution in [0.4, 0.5) is 4.79 Å². The molecule has 0 saturated carbocycles. The summed E-state index contributed by atoms with van der Waals surface area (Å²) in [6.45, 7) is 4.78. The van der Waals surface area contributed by atoms with Crippen molar-refractivity contribution in [2.45, 2.75) is 70.5 Å². The molecule has 3 aromatic rings. The Morgan fingerprint density at radius 2 is 1.28 bits per heavy atom. The second kappa shape index (κ2) is 22.7. The average molecular weight is 800 g/mol. The number of likely N-dealkylation sites (N-methyl/N-ethyl adjacent to an activating group) is 1. The predicted octanol–water partition coefficient (Wildman–Crippen LogP) is 2.66. The summed E-state index contributed by atoms with van der Waals surface area (Å²) < 4.78 is 16.4. The Labute approximate surface area is 338 Å². The van der Waals surface area contributed by atoms with E-state index < -0.39 is 54.5 Å². The number of alkyl carbamates (subject to hydrolysis) is 1. The highest BCUT2D eigenvalue weighted by Crippen LogP contribution is 2.44. The van der Waals surface area contributed by atoms with Crippen LogP contribution in [0.2, 0.25) is 0 Å². The lowest BCUT2D eigenvalue weighted by atomic mass is 9.98. The largest absolute Gasteiger partial charge is 0.449 e. The molecule has 5 amide bonds. The molecule has 0 heterocycles. The van der Waals surface area contributed by atoms with Gasteiger partial charge in [-0.25, -0.2) is 4.79 Å². The van der Waals surface area contributed by atoms with Crippen LogP contribution in [0.5, 0.6) is 0 Å². The van der Waals surface area contributed by atoms with E-state index in [0.717, 1.165) is 27.8 Å². The van der Waals surface area contributed by atoms with E-state index in [1.807, 2.05) is 55.5 Å². The summed E-state index contributed by atoms with van der Waals surface area (Å²) in [5.41, 5.74) is 6.20. The predicted molar refractivity (Wildman–Crippen MR) is 215 cm³/mol. The lowest BCUT2D eigenvalue weighted by molar-refractivity contribution is -0.135. The summed E-state index contributed by atoms with van der Waals surface area (Å²) in [6, 6.07) is 19.9. The molecule has 0 fully saturated rings. The van der Waals surface area contributed by atoms with E-state index in [1.54, 1.807) is 12.1 Å². The Kier molecular flexibility index (Phi) is 17.5. The van der Waals surface area contributed by atoms with Crippen molar-refractivity contribution in [2.75, 3.05) is 46.6 Å². The lowest BCUT2D eigenvalue weighted by Gasteiger charge is -2.25. The van der Waals surface area contributed by atoms with E-state index in [-0.39, 0.29) is 76.1 Å². The fourth-order valence-corrected chi connectivity index (χ4v) is 6.50. The summed E-state index contributed by atoms with van der Waals surface area (Å²) >= 11 is 0. The first kappa shape index (κ1) is 44.8. The molecule has 0 saturated heterocycles. The first-order chi connectivity index (χ1) is 27.9. The molecule has 1 aliphatic carbocycles. The quantitative estimate of drug-likeness (QED) is 0.0887. The van der Waals surface area contributed by atoms with Crippen LogP contribution < -0.4 is 26.6 Å². The zero-order chi connectivity index (χ0) is 42.0. The Hall–Kier alpha value is -5.93. The molecule has 15 nitrogen and oxygen atoms in total. The number of rotatable bonds is 23. The molecule has 0 bridgehead atoms. The molecule has 0 unspecified atom stereocenters. The smallest absolute Gasteiger partial charge is 0.407 e. The van der Waals surface area contributed by atoms with Crippen molar-refractivity contribution >= 4 is 41.3 Å². The molecular weight excluding hydrogens is 746 g/mol. The average Bonchev–Trinajstić information content (AvgIpc) is 3.52. The third-order valence-corrected chi connectivity index (χ3v) is 9.47. The van der Waals surface area contributed by atoms with Crippen molar-refractivity contribution in [1.82, 2.24) is 26.6 Å². The number of carbonyl (C=O) groups excluding carboxylic acids is 7. The first-order valence-electron chi connectivity index (χ1n) is 19.3. The van der Waals surface area contributed by atoms with Crippen LogP contribution in [0.25, 0.3) is 11.1 Å². The van der Waals surface area contributed by atoms with Gasteiger partial charge in [0, 0.05) is 38.8 Å². The molecule has 0 spiro atoms. The molecule has 4 rings (SSSR count). The van der Waals surface area contributed by atoms with Crippen molar-refractivity contribution in [3.05, 3.63) is 95.1 Å². The van der Waals surface area contributed by atoms with Crippen LogP contribution in [0.3, 0.4) is 0 Å². The van der Waals surface area contributed by atoms with Gasteiger partial charge in [-0.3, -0.25) is 24.0 Å². The molecule has 0 aromatic heterocycles. The highest BCUT2D eigenvalue weighted by Gasteiger charge is 2.31. The molecule has 3 aromatic carbocycles. The van der Waals surface area contributed by atoms with Gasteiger partial charge in [-0.2, -0.15) is 0 Å². The van der Waals surface area contributed by atoms with Crippen LogP contribution in [-0.4, -0.2) is 106 Å². The van der Waals surface area contributed by atoms with Gasteiger partial charge in [0.05, 0.1) is 19.8 Å². The standard InChI is InChI=1S/C43H53N5O10/c1-27-13-16-30(17-14-27)24-38(42(54)47-36(40(52)44-4)18-15-28(2)49)48-41(53)37(23-29(3)50)46-39(51)26-57-22-21-56-20-19-45-43(55)58-25-35-33-11-7-5-9-31(33)32-10-6-8-12-34(32)35/h5-14,16-17,35-38H,15,18-26H2,1-4H3,(H,44,52)(H,45,55)(H,46,51)(H,47,54)(H,48,53)/t36-,37+,38+/m1/s1. The maximum Gasteiger partial charge on any atom is 0.407 e. The summed E-state index contributed by atoms with van der Waals surface area (Å²) in [4.78, 5) is 88.5. The minimum absolute atomic E-state index is 0.0247. The van der Waals surface area contributed by atoms with Gasteiger partial charge in [0.25, 0.3) is 0 Å². The summed E-state index contributed by atoms with van der Waals surface area (Å²) in [6.07, 6.45) is -0.776. The number of hydrogen-bond donors (Lipinski definition) is 5. The Balaban J connectivity index is 1.20. The number of aryl methyl sites for hydroxylation is 1. The normalized spacial score (nSPS) is 13.2. The van der Waals surface area contributed by atoms with E-state index in [2.05, 4.69) is 38.7 Å². The van der Waals surface area contributed by atoms with Crippen molar-refractivity contribution in [3.63, 3.8) is 0 Å². The lowest BCUT2D eigenvalue weighted by Crippen LogP contribution is -2.57. The number of hydrogen-bond acceptors (Lipinski definition) is 10. The summed E-state index contributed by atoms with van der Waals surface area (Å²) in [5, 5.41) is 12.9. The van der Waals surface area contributed by atoms with Gasteiger partial charge in [0.1, 0.15) is 42.9 Å². The molecule has 0 radical (unpaired) electrons. The minimum Gasteiger partial charge on any atom is -0.449 e. The molecular formula is C43H53N5O10. The maximum atomic E-state index is 13.5. The van der Waals surface area contributed by atoms with Gasteiger partial charge in [-0.1, -0.05) is 78.4 Å². The van der Waals surface area contributed by atoms with Crippen LogP contribution >= 0.6 is 0 Å². The molecule has 3 atom stereocenters. The van der Waals surface area contributed by atoms with Gasteiger partial charge in [-0.15, -0.1) is 0 Å². The molecule has 1 aliphatic rings. The van der Waals surface area contributed by atoms with E-state index >= 15 is 0 Å². The van der Waals surface area contributed by atoms with Gasteiger partial charge >= 0.3 is 6.09 Å². The molecule has 0 aliphatic heterocycles. The third-order valence-electron chi connectivity index (χ3n) is 9.47. The van der Waals surface area contributed by atoms with Gasteiger partial charge < -0.3 is 45.6 Å². The van der Waals surface area contributed by atoms with Crippen LogP contribution in [-0.2, 0) is 49.4 Å². The first-order valence-corrected chi connectivity index (χ1v) is 19.3. The van der Waals surface area contributed by atoms with Crippen molar-refractivity contribution in [1.29, 1.82) is 0 Å². The fraction of sp³-hybridized carbons (Fsp3) is 0.419.